The molecule has 0 aromatic heterocycles. The number of aryl methyl sites for hydroxylation is 1. The molecule has 34 heavy (non-hydrogen) atoms. The van der Waals surface area contributed by atoms with Gasteiger partial charge in [0, 0.05) is 5.56 Å². The lowest BCUT2D eigenvalue weighted by Gasteiger charge is -2.09. The van der Waals surface area contributed by atoms with E-state index in [-0.39, 0.29) is 32.1 Å². The summed E-state index contributed by atoms with van der Waals surface area (Å²) in [6, 6.07) is 47.2. The summed E-state index contributed by atoms with van der Waals surface area (Å²) in [5.41, 5.74) is 1.38. The molecule has 0 aliphatic rings. The third kappa shape index (κ3) is 5.54. The summed E-state index contributed by atoms with van der Waals surface area (Å²) in [7, 11) is -0.146. The van der Waals surface area contributed by atoms with Gasteiger partial charge in [0.2, 0.25) is 0 Å². The average molecular weight is 573 g/mol. The van der Waals surface area contributed by atoms with Crippen LogP contribution in [0.2, 0.25) is 0 Å². The molecule has 0 heterocycles. The molecular weight excluding hydrogens is 547 g/mol. The fraction of sp³-hybridized carbons (Fsp3) is 0.0323. The van der Waals surface area contributed by atoms with Gasteiger partial charge in [0.1, 0.15) is 11.5 Å². The van der Waals surface area contributed by atoms with Crippen molar-refractivity contribution in [3.05, 3.63) is 146 Å². The SMILES string of the molecule is Cc1ccccc1[I+]c1ccc(Oc2ccc([S+](c3ccccc3)c3ccccc3)cc2)cc1. The first-order valence-electron chi connectivity index (χ1n) is 11.2. The van der Waals surface area contributed by atoms with Gasteiger partial charge in [-0.2, -0.15) is 0 Å². The maximum atomic E-state index is 6.17. The highest BCUT2D eigenvalue weighted by Gasteiger charge is 2.28. The van der Waals surface area contributed by atoms with Crippen LogP contribution in [-0.2, 0) is 10.9 Å². The minimum atomic E-state index is -0.178. The molecule has 0 aliphatic heterocycles. The second kappa shape index (κ2) is 10.9. The zero-order chi connectivity index (χ0) is 23.2. The van der Waals surface area contributed by atoms with Crippen LogP contribution < -0.4 is 25.9 Å². The number of hydrogen-bond acceptors (Lipinski definition) is 1. The summed E-state index contributed by atoms with van der Waals surface area (Å²) in [4.78, 5) is 3.91. The Morgan fingerprint density at radius 2 is 0.971 bits per heavy atom. The summed E-state index contributed by atoms with van der Waals surface area (Å²) >= 11 is -0.178. The molecule has 0 unspecified atom stereocenters. The molecule has 0 saturated carbocycles. The van der Waals surface area contributed by atoms with Gasteiger partial charge in [-0.05, 0) is 85.8 Å². The highest BCUT2D eigenvalue weighted by atomic mass is 127. The van der Waals surface area contributed by atoms with E-state index in [0.717, 1.165) is 11.5 Å². The van der Waals surface area contributed by atoms with Crippen LogP contribution in [0.3, 0.4) is 0 Å². The molecule has 0 spiro atoms. The molecule has 5 rings (SSSR count). The molecule has 0 radical (unpaired) electrons. The number of rotatable bonds is 7. The summed E-state index contributed by atoms with van der Waals surface area (Å²) in [5, 5.41) is 0. The monoisotopic (exact) mass is 572 g/mol. The molecule has 0 fully saturated rings. The molecule has 5 aromatic rings. The third-order valence-electron chi connectivity index (χ3n) is 5.35. The van der Waals surface area contributed by atoms with E-state index >= 15 is 0 Å². The number of halogens is 1. The maximum absolute atomic E-state index is 6.17. The van der Waals surface area contributed by atoms with Crippen molar-refractivity contribution in [1.29, 1.82) is 0 Å². The standard InChI is InChI=1S/C31H25IOS/c1-24-10-8-9-15-31(24)32-25-16-18-26(19-17-25)33-27-20-22-30(23-21-27)34(28-11-4-2-5-12-28)29-13-6-3-7-14-29/h2-23H,1H3/q+2. The highest BCUT2D eigenvalue weighted by Crippen LogP contribution is 2.32. The summed E-state index contributed by atoms with van der Waals surface area (Å²) in [6.45, 7) is 2.19. The van der Waals surface area contributed by atoms with Crippen molar-refractivity contribution in [2.45, 2.75) is 21.6 Å². The van der Waals surface area contributed by atoms with Gasteiger partial charge in [0.15, 0.2) is 21.8 Å². The van der Waals surface area contributed by atoms with Crippen LogP contribution in [0.25, 0.3) is 0 Å². The van der Waals surface area contributed by atoms with Crippen LogP contribution in [0.5, 0.6) is 11.5 Å². The Morgan fingerprint density at radius 3 is 1.53 bits per heavy atom. The molecule has 5 aromatic carbocycles. The van der Waals surface area contributed by atoms with Crippen LogP contribution in [-0.4, -0.2) is 0 Å². The Kier molecular flexibility index (Phi) is 7.32. The molecule has 1 nitrogen and oxygen atoms in total. The van der Waals surface area contributed by atoms with Gasteiger partial charge in [0.05, 0.1) is 10.9 Å². The lowest BCUT2D eigenvalue weighted by atomic mass is 10.2. The van der Waals surface area contributed by atoms with E-state index in [9.17, 15) is 0 Å². The number of hydrogen-bond donors (Lipinski definition) is 0. The summed E-state index contributed by atoms with van der Waals surface area (Å²) in [6.07, 6.45) is 0. The van der Waals surface area contributed by atoms with E-state index in [1.807, 2.05) is 0 Å². The van der Waals surface area contributed by atoms with Crippen LogP contribution in [0.1, 0.15) is 5.56 Å². The van der Waals surface area contributed by atoms with Crippen molar-refractivity contribution in [2.75, 3.05) is 0 Å². The van der Waals surface area contributed by atoms with Crippen molar-refractivity contribution in [1.82, 2.24) is 0 Å². The Balaban J connectivity index is 1.32. The van der Waals surface area contributed by atoms with Crippen molar-refractivity contribution >= 4 is 10.9 Å². The number of benzene rings is 5. The molecule has 3 heteroatoms. The lowest BCUT2D eigenvalue weighted by Crippen LogP contribution is -3.61. The van der Waals surface area contributed by atoms with E-state index in [4.69, 9.17) is 4.74 Å². The van der Waals surface area contributed by atoms with E-state index in [2.05, 4.69) is 140 Å². The second-order valence-corrected chi connectivity index (χ2v) is 12.8. The van der Waals surface area contributed by atoms with Crippen LogP contribution in [0.15, 0.2) is 148 Å². The predicted octanol–water partition coefficient (Wildman–Crippen LogP) is 5.01. The second-order valence-electron chi connectivity index (χ2n) is 7.80. The van der Waals surface area contributed by atoms with Crippen LogP contribution >= 0.6 is 0 Å². The first-order valence-corrected chi connectivity index (χ1v) is 14.6. The van der Waals surface area contributed by atoms with E-state index in [0.29, 0.717) is 0 Å². The van der Waals surface area contributed by atoms with Crippen LogP contribution in [0, 0.1) is 14.1 Å². The van der Waals surface area contributed by atoms with Gasteiger partial charge in [-0.25, -0.2) is 0 Å². The van der Waals surface area contributed by atoms with Crippen molar-refractivity contribution in [3.63, 3.8) is 0 Å². The molecule has 0 N–H and O–H groups in total. The molecule has 0 atom stereocenters. The molecule has 0 bridgehead atoms. The van der Waals surface area contributed by atoms with E-state index < -0.39 is 0 Å². The summed E-state index contributed by atoms with van der Waals surface area (Å²) in [5.74, 6) is 1.73. The normalized spacial score (nSPS) is 10.9. The quantitative estimate of drug-likeness (QED) is 0.197. The topological polar surface area (TPSA) is 9.23 Å². The average Bonchev–Trinajstić information content (AvgIpc) is 2.89. The molecule has 166 valence electrons. The van der Waals surface area contributed by atoms with Crippen molar-refractivity contribution < 1.29 is 25.9 Å². The smallest absolute Gasteiger partial charge is 0.358 e. The fourth-order valence-corrected chi connectivity index (χ4v) is 8.11. The van der Waals surface area contributed by atoms with Gasteiger partial charge >= 0.3 is 21.2 Å². The van der Waals surface area contributed by atoms with Gasteiger partial charge in [-0.15, -0.1) is 0 Å². The Morgan fingerprint density at radius 1 is 0.500 bits per heavy atom. The third-order valence-corrected chi connectivity index (χ3v) is 10.7. The fourth-order valence-electron chi connectivity index (χ4n) is 3.64. The lowest BCUT2D eigenvalue weighted by molar-refractivity contribution is -0.598. The minimum Gasteiger partial charge on any atom is -0.457 e. The molecule has 0 saturated heterocycles. The van der Waals surface area contributed by atoms with Gasteiger partial charge < -0.3 is 4.74 Å². The molecule has 0 aliphatic carbocycles. The van der Waals surface area contributed by atoms with Gasteiger partial charge in [0.25, 0.3) is 0 Å². The highest BCUT2D eigenvalue weighted by molar-refractivity contribution is 7.97. The molecule has 0 amide bonds. The minimum absolute atomic E-state index is 0.146. The zero-order valence-corrected chi connectivity index (χ0v) is 21.9. The number of ether oxygens (including phenoxy) is 1. The van der Waals surface area contributed by atoms with Gasteiger partial charge in [-0.3, -0.25) is 0 Å². The van der Waals surface area contributed by atoms with Crippen molar-refractivity contribution in [3.8, 4) is 11.5 Å². The largest absolute Gasteiger partial charge is 0.457 e. The Bertz CT molecular complexity index is 1290. The zero-order valence-electron chi connectivity index (χ0n) is 18.9. The van der Waals surface area contributed by atoms with Crippen LogP contribution in [0.4, 0.5) is 0 Å². The molecular formula is C31H25IOS+2. The summed E-state index contributed by atoms with van der Waals surface area (Å²) < 4.78 is 9.03. The predicted molar refractivity (Wildman–Crippen MR) is 137 cm³/mol. The first-order chi connectivity index (χ1) is 16.8. The first kappa shape index (κ1) is 22.8. The van der Waals surface area contributed by atoms with Gasteiger partial charge in [-0.1, -0.05) is 54.6 Å². The Hall–Kier alpha value is -3.02. The maximum Gasteiger partial charge on any atom is 0.358 e. The van der Waals surface area contributed by atoms with Crippen molar-refractivity contribution in [2.24, 2.45) is 0 Å². The van der Waals surface area contributed by atoms with E-state index in [1.54, 1.807) is 0 Å². The Labute approximate surface area is 215 Å². The van der Waals surface area contributed by atoms with E-state index in [1.165, 1.54) is 27.4 Å².